The monoisotopic (exact) mass is 702 g/mol. The van der Waals surface area contributed by atoms with E-state index in [1.54, 1.807) is 18.2 Å². The van der Waals surface area contributed by atoms with Crippen molar-refractivity contribution >= 4 is 53.0 Å². The second-order valence-electron chi connectivity index (χ2n) is 12.5. The summed E-state index contributed by atoms with van der Waals surface area (Å²) in [7, 11) is 0. The molecule has 54 heavy (non-hydrogen) atoms. The first-order valence-corrected chi connectivity index (χ1v) is 17.9. The summed E-state index contributed by atoms with van der Waals surface area (Å²) in [4.78, 5) is 14.7. The van der Waals surface area contributed by atoms with E-state index >= 15 is 0 Å². The highest BCUT2D eigenvalue weighted by atomic mass is 14.9. The van der Waals surface area contributed by atoms with Crippen molar-refractivity contribution in [2.45, 2.75) is 27.7 Å². The normalized spacial score (nSPS) is 12.8. The molecule has 0 atom stereocenters. The van der Waals surface area contributed by atoms with Gasteiger partial charge < -0.3 is 0 Å². The topological polar surface area (TPSA) is 61.5 Å². The quantitative estimate of drug-likeness (QED) is 0.0785. The van der Waals surface area contributed by atoms with Gasteiger partial charge in [-0.3, -0.25) is 10.4 Å². The maximum Gasteiger partial charge on any atom is 0.161 e. The molecule has 4 aromatic carbocycles. The van der Waals surface area contributed by atoms with Crippen LogP contribution in [0, 0.1) is 12.3 Å². The van der Waals surface area contributed by atoms with Crippen LogP contribution < -0.4 is 0 Å². The maximum atomic E-state index is 8.69. The SMILES string of the molecule is C=C/C=C(\C=C)C(N=Cc1c(C)c(/C=C\C)c(-c2cc(-c3ccccc3C=C)c(/C=C\c3ccccc3)cn2)c2ccccc12)=NC(=N)/C(C)=C/C=C\C. The van der Waals surface area contributed by atoms with E-state index in [0.29, 0.717) is 17.0 Å². The molecule has 1 aromatic heterocycles. The van der Waals surface area contributed by atoms with E-state index in [0.717, 1.165) is 66.5 Å². The third kappa shape index (κ3) is 8.80. The van der Waals surface area contributed by atoms with Crippen LogP contribution in [-0.2, 0) is 0 Å². The Hall–Kier alpha value is -6.78. The summed E-state index contributed by atoms with van der Waals surface area (Å²) < 4.78 is 0. The van der Waals surface area contributed by atoms with Gasteiger partial charge in [-0.25, -0.2) is 9.98 Å². The average molecular weight is 703 g/mol. The van der Waals surface area contributed by atoms with Crippen molar-refractivity contribution < 1.29 is 0 Å². The predicted molar refractivity (Wildman–Crippen MR) is 237 cm³/mol. The predicted octanol–water partition coefficient (Wildman–Crippen LogP) is 13.3. The van der Waals surface area contributed by atoms with Crippen molar-refractivity contribution in [1.29, 1.82) is 5.41 Å². The van der Waals surface area contributed by atoms with Gasteiger partial charge in [0.2, 0.25) is 0 Å². The second kappa shape index (κ2) is 18.6. The van der Waals surface area contributed by atoms with Crippen LogP contribution in [0.15, 0.2) is 175 Å². The number of fused-ring (bicyclic) bond motifs is 1. The van der Waals surface area contributed by atoms with Gasteiger partial charge in [-0.05, 0) is 83.5 Å². The fraction of sp³-hybridized carbons (Fsp3) is 0.0800. The molecule has 1 N–H and O–H groups in total. The van der Waals surface area contributed by atoms with Crippen LogP contribution in [0.5, 0.6) is 0 Å². The van der Waals surface area contributed by atoms with Crippen molar-refractivity contribution in [3.63, 3.8) is 0 Å². The molecule has 5 aromatic rings. The van der Waals surface area contributed by atoms with E-state index in [2.05, 4.69) is 111 Å². The van der Waals surface area contributed by atoms with Crippen LogP contribution in [0.1, 0.15) is 54.2 Å². The number of pyridine rings is 1. The fourth-order valence-corrected chi connectivity index (χ4v) is 6.24. The van der Waals surface area contributed by atoms with Crippen molar-refractivity contribution in [3.8, 4) is 22.4 Å². The van der Waals surface area contributed by atoms with Gasteiger partial charge >= 0.3 is 0 Å². The number of allylic oxidation sites excluding steroid dienone is 6. The Morgan fingerprint density at radius 1 is 0.759 bits per heavy atom. The van der Waals surface area contributed by atoms with E-state index < -0.39 is 0 Å². The third-order valence-electron chi connectivity index (χ3n) is 9.04. The lowest BCUT2D eigenvalue weighted by Crippen LogP contribution is -2.06. The van der Waals surface area contributed by atoms with Gasteiger partial charge in [0, 0.05) is 34.7 Å². The van der Waals surface area contributed by atoms with Gasteiger partial charge in [0.1, 0.15) is 5.84 Å². The van der Waals surface area contributed by atoms with Gasteiger partial charge in [-0.2, -0.15) is 0 Å². The van der Waals surface area contributed by atoms with Gasteiger partial charge in [0.25, 0.3) is 0 Å². The van der Waals surface area contributed by atoms with Crippen LogP contribution in [0.4, 0.5) is 0 Å². The van der Waals surface area contributed by atoms with Crippen LogP contribution in [0.2, 0.25) is 0 Å². The van der Waals surface area contributed by atoms with Crippen molar-refractivity contribution in [1.82, 2.24) is 4.98 Å². The highest BCUT2D eigenvalue weighted by molar-refractivity contribution is 6.17. The minimum Gasteiger partial charge on any atom is -0.283 e. The molecular formula is C50H46N4. The molecule has 0 aliphatic rings. The first-order chi connectivity index (χ1) is 26.3. The Balaban J connectivity index is 1.76. The van der Waals surface area contributed by atoms with Crippen LogP contribution in [-0.4, -0.2) is 22.9 Å². The molecule has 0 unspecified atom stereocenters. The Bertz CT molecular complexity index is 2430. The summed E-state index contributed by atoms with van der Waals surface area (Å²) in [6, 6.07) is 29.2. The van der Waals surface area contributed by atoms with Crippen molar-refractivity contribution in [2.75, 3.05) is 0 Å². The zero-order valence-electron chi connectivity index (χ0n) is 31.6. The molecule has 4 nitrogen and oxygen atoms in total. The minimum absolute atomic E-state index is 0.116. The molecule has 0 saturated carbocycles. The van der Waals surface area contributed by atoms with E-state index in [1.165, 1.54) is 0 Å². The first kappa shape index (κ1) is 38.5. The van der Waals surface area contributed by atoms with Crippen molar-refractivity contribution in [3.05, 3.63) is 198 Å². The highest BCUT2D eigenvalue weighted by Gasteiger charge is 2.19. The summed E-state index contributed by atoms with van der Waals surface area (Å²) in [5, 5.41) is 10.8. The standard InChI is InChI=1S/C50H46N4/c1-8-13-23-35(6)49(51)54-50(39(12-5)21-9-2)53-34-46-36(7)41(22-10-3)48(44-29-20-19-28-43(44)46)47-32-45(42-27-18-17-26-38(42)11-4)40(33-52-47)31-30-37-24-15-14-16-25-37/h8-34,51H,2,4-5H2,1,3,6-7H3/b13-8-,22-10-,31-30-,35-23+,39-21+,51-49?,53-34?,54-50?. The lowest BCUT2D eigenvalue weighted by Gasteiger charge is -2.19. The number of nitrogens with zero attached hydrogens (tertiary/aromatic N) is 3. The Labute approximate surface area is 320 Å². The van der Waals surface area contributed by atoms with E-state index in [4.69, 9.17) is 15.4 Å². The highest BCUT2D eigenvalue weighted by Crippen LogP contribution is 2.40. The summed E-state index contributed by atoms with van der Waals surface area (Å²) in [5.74, 6) is 0.486. The smallest absolute Gasteiger partial charge is 0.161 e. The summed E-state index contributed by atoms with van der Waals surface area (Å²) in [6.45, 7) is 19.9. The van der Waals surface area contributed by atoms with Crippen LogP contribution >= 0.6 is 0 Å². The van der Waals surface area contributed by atoms with Crippen molar-refractivity contribution in [2.24, 2.45) is 9.98 Å². The number of hydrogen-bond donors (Lipinski definition) is 1. The summed E-state index contributed by atoms with van der Waals surface area (Å²) in [6.07, 6.45) is 25.0. The number of nitrogens with one attached hydrogen (secondary N) is 1. The van der Waals surface area contributed by atoms with E-state index in [9.17, 15) is 0 Å². The molecule has 5 rings (SSSR count). The Kier molecular flexibility index (Phi) is 13.3. The zero-order valence-corrected chi connectivity index (χ0v) is 31.6. The molecule has 0 saturated heterocycles. The molecule has 0 radical (unpaired) electrons. The van der Waals surface area contributed by atoms with E-state index in [-0.39, 0.29) is 5.84 Å². The maximum absolute atomic E-state index is 8.69. The molecular weight excluding hydrogens is 657 g/mol. The lowest BCUT2D eigenvalue weighted by molar-refractivity contribution is 1.31. The lowest BCUT2D eigenvalue weighted by atomic mass is 9.86. The molecule has 0 spiro atoms. The number of aromatic nitrogens is 1. The molecule has 1 heterocycles. The molecule has 4 heteroatoms. The second-order valence-corrected chi connectivity index (χ2v) is 12.5. The molecule has 0 fully saturated rings. The number of rotatable bonds is 12. The number of aliphatic imine (C=N–C) groups is 2. The van der Waals surface area contributed by atoms with Gasteiger partial charge in [-0.1, -0.05) is 165 Å². The largest absolute Gasteiger partial charge is 0.283 e. The third-order valence-corrected chi connectivity index (χ3v) is 9.04. The fourth-order valence-electron chi connectivity index (χ4n) is 6.24. The molecule has 0 amide bonds. The zero-order chi connectivity index (χ0) is 38.5. The Morgan fingerprint density at radius 3 is 2.19 bits per heavy atom. The summed E-state index contributed by atoms with van der Waals surface area (Å²) in [5.41, 5.74) is 11.6. The number of benzene rings is 4. The number of amidine groups is 2. The van der Waals surface area contributed by atoms with Crippen LogP contribution in [0.25, 0.3) is 57.5 Å². The Morgan fingerprint density at radius 2 is 1.48 bits per heavy atom. The van der Waals surface area contributed by atoms with Gasteiger partial charge in [-0.15, -0.1) is 0 Å². The minimum atomic E-state index is 0.116. The molecule has 0 aliphatic heterocycles. The number of hydrogen-bond acceptors (Lipinski definition) is 2. The average Bonchev–Trinajstić information content (AvgIpc) is 3.21. The molecule has 266 valence electrons. The van der Waals surface area contributed by atoms with E-state index in [1.807, 2.05) is 87.8 Å². The first-order valence-electron chi connectivity index (χ1n) is 17.9. The van der Waals surface area contributed by atoms with Gasteiger partial charge in [0.15, 0.2) is 5.84 Å². The summed E-state index contributed by atoms with van der Waals surface area (Å²) >= 11 is 0. The van der Waals surface area contributed by atoms with Gasteiger partial charge in [0.05, 0.1) is 5.69 Å². The molecule has 0 bridgehead atoms. The van der Waals surface area contributed by atoms with Crippen LogP contribution in [0.3, 0.4) is 0 Å². The molecule has 0 aliphatic carbocycles.